The van der Waals surface area contributed by atoms with Crippen LogP contribution in [0, 0.1) is 12.3 Å². The maximum absolute atomic E-state index is 11.4. The average molecular weight is 188 g/mol. The van der Waals surface area contributed by atoms with E-state index in [1.54, 1.807) is 12.1 Å². The standard InChI is InChI=1S/C11H12N2O/c1-2-8-13-11(14)10(12)9-6-4-3-5-7-9/h1,3-7,10H,8,12H2,(H,13,14)/t10-/m1/s1. The lowest BCUT2D eigenvalue weighted by molar-refractivity contribution is -0.122. The SMILES string of the molecule is C#CCNC(=O)[C@H](N)c1ccccc1. The van der Waals surface area contributed by atoms with Crippen molar-refractivity contribution in [2.75, 3.05) is 6.54 Å². The zero-order valence-corrected chi connectivity index (χ0v) is 7.73. The van der Waals surface area contributed by atoms with Crippen molar-refractivity contribution in [3.63, 3.8) is 0 Å². The van der Waals surface area contributed by atoms with Crippen LogP contribution in [0.2, 0.25) is 0 Å². The van der Waals surface area contributed by atoms with Crippen LogP contribution in [0.3, 0.4) is 0 Å². The van der Waals surface area contributed by atoms with Crippen LogP contribution < -0.4 is 11.1 Å². The molecule has 1 amide bonds. The fourth-order valence-electron chi connectivity index (χ4n) is 1.06. The van der Waals surface area contributed by atoms with Crippen LogP contribution in [0.25, 0.3) is 0 Å². The summed E-state index contributed by atoms with van der Waals surface area (Å²) in [7, 11) is 0. The molecule has 0 unspecified atom stereocenters. The molecular weight excluding hydrogens is 176 g/mol. The van der Waals surface area contributed by atoms with Crippen LogP contribution in [0.5, 0.6) is 0 Å². The minimum absolute atomic E-state index is 0.208. The summed E-state index contributed by atoms with van der Waals surface area (Å²) < 4.78 is 0. The van der Waals surface area contributed by atoms with E-state index in [9.17, 15) is 4.79 Å². The first-order valence-corrected chi connectivity index (χ1v) is 4.27. The topological polar surface area (TPSA) is 55.1 Å². The molecule has 1 rings (SSSR count). The number of terminal acetylenes is 1. The molecule has 0 radical (unpaired) electrons. The Labute approximate surface area is 83.3 Å². The third kappa shape index (κ3) is 2.61. The van der Waals surface area contributed by atoms with Gasteiger partial charge in [-0.05, 0) is 5.56 Å². The highest BCUT2D eigenvalue weighted by Gasteiger charge is 2.13. The Bertz CT molecular complexity index is 340. The maximum atomic E-state index is 11.4. The molecule has 0 heterocycles. The fraction of sp³-hybridized carbons (Fsp3) is 0.182. The average Bonchev–Trinajstić information content (AvgIpc) is 2.26. The van der Waals surface area contributed by atoms with E-state index in [0.29, 0.717) is 0 Å². The minimum Gasteiger partial charge on any atom is -0.344 e. The van der Waals surface area contributed by atoms with E-state index in [4.69, 9.17) is 12.2 Å². The second-order valence-electron chi connectivity index (χ2n) is 2.81. The zero-order valence-electron chi connectivity index (χ0n) is 7.73. The predicted molar refractivity (Wildman–Crippen MR) is 55.2 cm³/mol. The second-order valence-corrected chi connectivity index (χ2v) is 2.81. The second kappa shape index (κ2) is 5.05. The molecular formula is C11H12N2O. The van der Waals surface area contributed by atoms with Crippen LogP contribution in [0.4, 0.5) is 0 Å². The van der Waals surface area contributed by atoms with E-state index in [-0.39, 0.29) is 12.5 Å². The minimum atomic E-state index is -0.649. The summed E-state index contributed by atoms with van der Waals surface area (Å²) in [6.45, 7) is 0.208. The van der Waals surface area contributed by atoms with Crippen molar-refractivity contribution in [2.45, 2.75) is 6.04 Å². The third-order valence-corrected chi connectivity index (χ3v) is 1.81. The summed E-state index contributed by atoms with van der Waals surface area (Å²) >= 11 is 0. The van der Waals surface area contributed by atoms with Gasteiger partial charge in [-0.2, -0.15) is 0 Å². The number of nitrogens with one attached hydrogen (secondary N) is 1. The van der Waals surface area contributed by atoms with Crippen molar-refractivity contribution < 1.29 is 4.79 Å². The lowest BCUT2D eigenvalue weighted by Gasteiger charge is -2.10. The number of rotatable bonds is 3. The molecule has 0 spiro atoms. The van der Waals surface area contributed by atoms with Crippen LogP contribution >= 0.6 is 0 Å². The summed E-state index contributed by atoms with van der Waals surface area (Å²) in [4.78, 5) is 11.4. The Balaban J connectivity index is 2.62. The zero-order chi connectivity index (χ0) is 10.4. The van der Waals surface area contributed by atoms with Gasteiger partial charge >= 0.3 is 0 Å². The van der Waals surface area contributed by atoms with Crippen LogP contribution in [0.1, 0.15) is 11.6 Å². The lowest BCUT2D eigenvalue weighted by Crippen LogP contribution is -2.34. The molecule has 3 nitrogen and oxygen atoms in total. The van der Waals surface area contributed by atoms with Gasteiger partial charge < -0.3 is 11.1 Å². The van der Waals surface area contributed by atoms with E-state index in [0.717, 1.165) is 5.56 Å². The number of nitrogens with two attached hydrogens (primary N) is 1. The first-order valence-electron chi connectivity index (χ1n) is 4.27. The highest BCUT2D eigenvalue weighted by Crippen LogP contribution is 2.08. The smallest absolute Gasteiger partial charge is 0.242 e. The number of hydrogen-bond acceptors (Lipinski definition) is 2. The van der Waals surface area contributed by atoms with Gasteiger partial charge in [0.2, 0.25) is 5.91 Å². The van der Waals surface area contributed by atoms with Crippen molar-refractivity contribution >= 4 is 5.91 Å². The molecule has 0 bridgehead atoms. The number of carbonyl (C=O) groups is 1. The third-order valence-electron chi connectivity index (χ3n) is 1.81. The van der Waals surface area contributed by atoms with Crippen LogP contribution in [0.15, 0.2) is 30.3 Å². The number of amides is 1. The van der Waals surface area contributed by atoms with E-state index >= 15 is 0 Å². The Kier molecular flexibility index (Phi) is 3.71. The first-order chi connectivity index (χ1) is 6.75. The highest BCUT2D eigenvalue weighted by molar-refractivity contribution is 5.83. The largest absolute Gasteiger partial charge is 0.344 e. The van der Waals surface area contributed by atoms with E-state index in [2.05, 4.69) is 11.2 Å². The molecule has 72 valence electrons. The van der Waals surface area contributed by atoms with E-state index in [1.807, 2.05) is 18.2 Å². The van der Waals surface area contributed by atoms with Gasteiger partial charge in [0.05, 0.1) is 6.54 Å². The predicted octanol–water partition coefficient (Wildman–Crippen LogP) is 0.436. The van der Waals surface area contributed by atoms with Gasteiger partial charge in [-0.15, -0.1) is 6.42 Å². The summed E-state index contributed by atoms with van der Waals surface area (Å²) in [5.74, 6) is 2.06. The quantitative estimate of drug-likeness (QED) is 0.676. The molecule has 1 atom stereocenters. The monoisotopic (exact) mass is 188 g/mol. The number of benzene rings is 1. The molecule has 0 aromatic heterocycles. The molecule has 1 aromatic rings. The molecule has 14 heavy (non-hydrogen) atoms. The molecule has 1 aromatic carbocycles. The number of hydrogen-bond donors (Lipinski definition) is 2. The molecule has 0 aliphatic heterocycles. The Morgan fingerprint density at radius 3 is 2.71 bits per heavy atom. The number of carbonyl (C=O) groups excluding carboxylic acids is 1. The van der Waals surface area contributed by atoms with Crippen molar-refractivity contribution in [1.82, 2.24) is 5.32 Å². The van der Waals surface area contributed by atoms with Crippen molar-refractivity contribution in [3.05, 3.63) is 35.9 Å². The molecule has 3 N–H and O–H groups in total. The van der Waals surface area contributed by atoms with Gasteiger partial charge in [0, 0.05) is 0 Å². The molecule has 0 fully saturated rings. The molecule has 0 saturated heterocycles. The first kappa shape index (κ1) is 10.3. The van der Waals surface area contributed by atoms with Gasteiger partial charge in [0.1, 0.15) is 6.04 Å². The lowest BCUT2D eigenvalue weighted by atomic mass is 10.1. The van der Waals surface area contributed by atoms with Gasteiger partial charge in [-0.3, -0.25) is 4.79 Å². The highest BCUT2D eigenvalue weighted by atomic mass is 16.2. The van der Waals surface area contributed by atoms with Crippen LogP contribution in [-0.2, 0) is 4.79 Å². The van der Waals surface area contributed by atoms with Crippen LogP contribution in [-0.4, -0.2) is 12.5 Å². The molecule has 3 heteroatoms. The molecule has 0 saturated carbocycles. The summed E-state index contributed by atoms with van der Waals surface area (Å²) in [5.41, 5.74) is 6.48. The van der Waals surface area contributed by atoms with Gasteiger partial charge in [0.25, 0.3) is 0 Å². The summed E-state index contributed by atoms with van der Waals surface area (Å²) in [6.07, 6.45) is 5.01. The Morgan fingerprint density at radius 2 is 2.14 bits per heavy atom. The summed E-state index contributed by atoms with van der Waals surface area (Å²) in [6, 6.07) is 8.51. The molecule has 0 aliphatic carbocycles. The Morgan fingerprint density at radius 1 is 1.50 bits per heavy atom. The van der Waals surface area contributed by atoms with Gasteiger partial charge in [-0.1, -0.05) is 36.3 Å². The molecule has 0 aliphatic rings. The van der Waals surface area contributed by atoms with Gasteiger partial charge in [0.15, 0.2) is 0 Å². The van der Waals surface area contributed by atoms with E-state index in [1.165, 1.54) is 0 Å². The fourth-order valence-corrected chi connectivity index (χ4v) is 1.06. The van der Waals surface area contributed by atoms with Gasteiger partial charge in [-0.25, -0.2) is 0 Å². The Hall–Kier alpha value is -1.79. The van der Waals surface area contributed by atoms with Crippen molar-refractivity contribution in [3.8, 4) is 12.3 Å². The maximum Gasteiger partial charge on any atom is 0.242 e. The normalized spacial score (nSPS) is 11.4. The summed E-state index contributed by atoms with van der Waals surface area (Å²) in [5, 5.41) is 2.53. The van der Waals surface area contributed by atoms with E-state index < -0.39 is 6.04 Å². The van der Waals surface area contributed by atoms with Crippen molar-refractivity contribution in [2.24, 2.45) is 5.73 Å². The van der Waals surface area contributed by atoms with Crippen molar-refractivity contribution in [1.29, 1.82) is 0 Å².